The van der Waals surface area contributed by atoms with Crippen molar-refractivity contribution in [2.75, 3.05) is 26.2 Å². The Morgan fingerprint density at radius 3 is 1.48 bits per heavy atom. The lowest BCUT2D eigenvalue weighted by atomic mass is 9.72. The number of aromatic nitrogens is 4. The molecule has 0 amide bonds. The van der Waals surface area contributed by atoms with Gasteiger partial charge in [-0.3, -0.25) is 19.8 Å². The van der Waals surface area contributed by atoms with Crippen LogP contribution in [0.1, 0.15) is 86.8 Å². The van der Waals surface area contributed by atoms with Gasteiger partial charge in [-0.15, -0.1) is 0 Å². The third-order valence-corrected chi connectivity index (χ3v) is 15.5. The summed E-state index contributed by atoms with van der Waals surface area (Å²) in [5, 5.41) is 2.26. The molecule has 0 N–H and O–H groups in total. The molecular formula is C56H60N6O2. The third-order valence-electron chi connectivity index (χ3n) is 15.5. The summed E-state index contributed by atoms with van der Waals surface area (Å²) in [6.45, 7) is 13.4. The minimum Gasteiger partial charge on any atom is -0.467 e. The summed E-state index contributed by atoms with van der Waals surface area (Å²) in [4.78, 5) is 26.1. The van der Waals surface area contributed by atoms with Gasteiger partial charge in [-0.1, -0.05) is 111 Å². The molecule has 326 valence electrons. The Morgan fingerprint density at radius 2 is 1.05 bits per heavy atom. The van der Waals surface area contributed by atoms with Crippen LogP contribution in [0.15, 0.2) is 122 Å². The second-order valence-corrected chi connectivity index (χ2v) is 19.2. The van der Waals surface area contributed by atoms with Gasteiger partial charge >= 0.3 is 0 Å². The van der Waals surface area contributed by atoms with Gasteiger partial charge in [0, 0.05) is 52.9 Å². The molecule has 13 rings (SSSR count). The summed E-state index contributed by atoms with van der Waals surface area (Å²) in [6.07, 6.45) is 10.3. The highest BCUT2D eigenvalue weighted by Crippen LogP contribution is 2.49. The molecule has 64 heavy (non-hydrogen) atoms. The van der Waals surface area contributed by atoms with Crippen LogP contribution < -0.4 is 9.47 Å². The second kappa shape index (κ2) is 17.4. The first-order valence-electron chi connectivity index (χ1n) is 24.0. The number of benzene rings is 4. The van der Waals surface area contributed by atoms with E-state index in [0.717, 1.165) is 88.6 Å². The predicted molar refractivity (Wildman–Crippen MR) is 256 cm³/mol. The maximum Gasteiger partial charge on any atom is 0.229 e. The van der Waals surface area contributed by atoms with Gasteiger partial charge < -0.3 is 9.47 Å². The van der Waals surface area contributed by atoms with E-state index in [1.807, 2.05) is 18.5 Å². The first-order chi connectivity index (χ1) is 31.4. The number of aryl methyl sites for hydroxylation is 2. The van der Waals surface area contributed by atoms with E-state index >= 15 is 0 Å². The number of ether oxygens (including phenoxy) is 2. The van der Waals surface area contributed by atoms with Gasteiger partial charge in [-0.2, -0.15) is 9.97 Å². The van der Waals surface area contributed by atoms with Crippen molar-refractivity contribution in [3.63, 3.8) is 0 Å². The fourth-order valence-corrected chi connectivity index (χ4v) is 12.1. The minimum atomic E-state index is -0.323. The topological polar surface area (TPSA) is 76.5 Å². The van der Waals surface area contributed by atoms with Crippen LogP contribution in [0.3, 0.4) is 0 Å². The van der Waals surface area contributed by atoms with E-state index in [4.69, 9.17) is 29.4 Å². The number of fused-ring (bicyclic) bond motifs is 8. The van der Waals surface area contributed by atoms with Crippen molar-refractivity contribution in [2.45, 2.75) is 90.5 Å². The maximum atomic E-state index is 7.77. The van der Waals surface area contributed by atoms with Crippen LogP contribution in [0, 0.1) is 37.5 Å². The van der Waals surface area contributed by atoms with Crippen LogP contribution in [0.25, 0.3) is 44.3 Å². The van der Waals surface area contributed by atoms with Crippen LogP contribution in [0.4, 0.5) is 0 Å². The normalized spacial score (nSPS) is 25.9. The van der Waals surface area contributed by atoms with Gasteiger partial charge in [0.15, 0.2) is 5.82 Å². The Morgan fingerprint density at radius 1 is 0.578 bits per heavy atom. The van der Waals surface area contributed by atoms with Crippen LogP contribution >= 0.6 is 0 Å². The van der Waals surface area contributed by atoms with Gasteiger partial charge in [0.25, 0.3) is 0 Å². The smallest absolute Gasteiger partial charge is 0.229 e. The van der Waals surface area contributed by atoms with Crippen molar-refractivity contribution in [2.24, 2.45) is 23.7 Å². The van der Waals surface area contributed by atoms with Crippen molar-refractivity contribution < 1.29 is 9.47 Å². The summed E-state index contributed by atoms with van der Waals surface area (Å²) >= 11 is 0. The van der Waals surface area contributed by atoms with E-state index < -0.39 is 0 Å². The van der Waals surface area contributed by atoms with E-state index in [2.05, 4.69) is 141 Å². The van der Waals surface area contributed by atoms with Gasteiger partial charge in [0.2, 0.25) is 11.8 Å². The quantitative estimate of drug-likeness (QED) is 0.120. The van der Waals surface area contributed by atoms with E-state index in [9.17, 15) is 0 Å². The molecule has 6 saturated heterocycles. The van der Waals surface area contributed by atoms with Crippen LogP contribution in [0.5, 0.6) is 11.8 Å². The molecule has 9 heterocycles. The van der Waals surface area contributed by atoms with Crippen molar-refractivity contribution in [1.82, 2.24) is 29.7 Å². The molecule has 7 aromatic rings. The lowest BCUT2D eigenvalue weighted by Crippen LogP contribution is -2.56. The lowest BCUT2D eigenvalue weighted by molar-refractivity contribution is -0.0510. The monoisotopic (exact) mass is 848 g/mol. The zero-order valence-corrected chi connectivity index (χ0v) is 37.7. The van der Waals surface area contributed by atoms with Crippen molar-refractivity contribution >= 4 is 21.8 Å². The Balaban J connectivity index is 1.12. The Labute approximate surface area is 378 Å². The van der Waals surface area contributed by atoms with E-state index in [0.29, 0.717) is 41.3 Å². The summed E-state index contributed by atoms with van der Waals surface area (Å²) in [6, 6.07) is 38.7. The van der Waals surface area contributed by atoms with Crippen LogP contribution in [0.2, 0.25) is 0 Å². The van der Waals surface area contributed by atoms with Gasteiger partial charge in [0.1, 0.15) is 17.8 Å². The van der Waals surface area contributed by atoms with Crippen molar-refractivity contribution in [1.29, 1.82) is 0 Å². The number of nitrogens with zero attached hydrogens (tertiary/aromatic N) is 6. The predicted octanol–water partition coefficient (Wildman–Crippen LogP) is 12.0. The number of pyridine rings is 2. The molecule has 0 aliphatic carbocycles. The van der Waals surface area contributed by atoms with Gasteiger partial charge in [-0.25, -0.2) is 0 Å². The molecule has 8 nitrogen and oxygen atoms in total. The molecule has 4 aromatic carbocycles. The molecule has 6 aliphatic rings. The summed E-state index contributed by atoms with van der Waals surface area (Å²) in [5.41, 5.74) is 9.31. The van der Waals surface area contributed by atoms with E-state index in [1.54, 1.807) is 0 Å². The minimum absolute atomic E-state index is 0.159. The number of hydrogen-bond donors (Lipinski definition) is 0. The van der Waals surface area contributed by atoms with E-state index in [1.165, 1.54) is 36.8 Å². The average molecular weight is 849 g/mol. The van der Waals surface area contributed by atoms with Gasteiger partial charge in [0.05, 0.1) is 23.1 Å². The van der Waals surface area contributed by atoms with Crippen LogP contribution in [-0.2, 0) is 0 Å². The summed E-state index contributed by atoms with van der Waals surface area (Å²) in [5.74, 6) is 4.39. The second-order valence-electron chi connectivity index (χ2n) is 19.2. The molecule has 4 bridgehead atoms. The number of hydrogen-bond acceptors (Lipinski definition) is 8. The Kier molecular flexibility index (Phi) is 11.1. The lowest BCUT2D eigenvalue weighted by Gasteiger charge is -2.52. The van der Waals surface area contributed by atoms with Crippen molar-refractivity contribution in [3.8, 4) is 34.3 Å². The molecule has 10 atom stereocenters. The SMILES string of the molecule is CCC1CN2CCC1C[C@H]2[C@H](Oc1nc(-c2ccccc2)nc(O[C@H](c2ccnc3ccc(C)cc23)[C@@H]2C[C@H]3CCN2CC3CC)c1-c1ccccc1)c1ccnc2ccc(C)cc12. The summed E-state index contributed by atoms with van der Waals surface area (Å²) in [7, 11) is 0. The molecule has 8 heteroatoms. The van der Waals surface area contributed by atoms with Gasteiger partial charge in [-0.05, 0) is 118 Å². The Bertz CT molecular complexity index is 2630. The van der Waals surface area contributed by atoms with Crippen molar-refractivity contribution in [3.05, 3.63) is 144 Å². The zero-order chi connectivity index (χ0) is 43.3. The molecule has 5 unspecified atom stereocenters. The standard InChI is InChI=1S/C56H60N6O2/c1-5-37-33-61-27-23-41(37)31-49(61)52(43-21-25-57-47-19-17-35(3)29-45(43)47)63-55-51(39-13-9-7-10-14-39)56(60-54(59-55)40-15-11-8-12-16-40)64-53(50-32-42-24-28-62(50)34-38(42)6-2)44-22-26-58-48-20-18-36(4)30-46(44)48/h7-22,25-26,29-30,37-38,41-42,49-50,52-53H,5-6,23-24,27-28,31-34H2,1-4H3/t37?,38?,41-,42?,49+,50+,52-,53-/m1/s1. The molecule has 6 fully saturated rings. The zero-order valence-electron chi connectivity index (χ0n) is 37.7. The largest absolute Gasteiger partial charge is 0.467 e. The highest BCUT2D eigenvalue weighted by Gasteiger charge is 2.46. The molecule has 0 saturated carbocycles. The molecule has 0 radical (unpaired) electrons. The highest BCUT2D eigenvalue weighted by molar-refractivity contribution is 5.84. The molecule has 3 aromatic heterocycles. The van der Waals surface area contributed by atoms with Crippen LogP contribution in [-0.4, -0.2) is 68.0 Å². The Hall–Kier alpha value is -5.70. The molecule has 6 aliphatic heterocycles. The fourth-order valence-electron chi connectivity index (χ4n) is 12.1. The maximum absolute atomic E-state index is 7.77. The third kappa shape index (κ3) is 7.62. The molecule has 0 spiro atoms. The number of rotatable bonds is 12. The first-order valence-corrected chi connectivity index (χ1v) is 24.0. The number of piperidine rings is 6. The molecular weight excluding hydrogens is 789 g/mol. The summed E-state index contributed by atoms with van der Waals surface area (Å²) < 4.78 is 15.5. The van der Waals surface area contributed by atoms with E-state index in [-0.39, 0.29) is 24.3 Å². The highest BCUT2D eigenvalue weighted by atomic mass is 16.5. The fraction of sp³-hybridized carbons (Fsp3) is 0.393. The average Bonchev–Trinajstić information content (AvgIpc) is 3.35. The first kappa shape index (κ1) is 41.0.